The van der Waals surface area contributed by atoms with Gasteiger partial charge in [-0.2, -0.15) is 0 Å². The van der Waals surface area contributed by atoms with Gasteiger partial charge in [0.15, 0.2) is 0 Å². The molecule has 0 aliphatic heterocycles. The first-order valence-corrected chi connectivity index (χ1v) is 5.10. The highest BCUT2D eigenvalue weighted by Crippen LogP contribution is 2.35. The molecule has 1 unspecified atom stereocenters. The molecule has 1 aromatic rings. The molecule has 0 N–H and O–H groups in total. The molecule has 71 valence electrons. The van der Waals surface area contributed by atoms with E-state index in [-0.39, 0.29) is 5.41 Å². The van der Waals surface area contributed by atoms with Gasteiger partial charge in [-0.15, -0.1) is 0 Å². The van der Waals surface area contributed by atoms with E-state index in [1.54, 1.807) is 0 Å². The summed E-state index contributed by atoms with van der Waals surface area (Å²) < 4.78 is 0. The zero-order valence-electron chi connectivity index (χ0n) is 8.13. The molecule has 1 heteroatoms. The molecule has 0 amide bonds. The molecule has 0 bridgehead atoms. The minimum Gasteiger partial charge on any atom is -0.0840 e. The van der Waals surface area contributed by atoms with Crippen molar-refractivity contribution in [2.24, 2.45) is 0 Å². The highest BCUT2D eigenvalue weighted by atomic mass is 35.5. The van der Waals surface area contributed by atoms with Crippen molar-refractivity contribution in [3.63, 3.8) is 0 Å². The van der Waals surface area contributed by atoms with E-state index in [1.807, 2.05) is 30.4 Å². The van der Waals surface area contributed by atoms with Crippen LogP contribution in [-0.4, -0.2) is 0 Å². The monoisotopic (exact) mass is 203 g/mol. The fourth-order valence-electron chi connectivity index (χ4n) is 1.77. The van der Waals surface area contributed by atoms with Gasteiger partial charge in [-0.25, -0.2) is 0 Å². The van der Waals surface area contributed by atoms with Crippen LogP contribution in [0, 0.1) is 6.08 Å². The van der Waals surface area contributed by atoms with E-state index in [0.29, 0.717) is 0 Å². The predicted molar refractivity (Wildman–Crippen MR) is 60.4 cm³/mol. The fourth-order valence-corrected chi connectivity index (χ4v) is 2.12. The molecular formula is C13H12Cl. The second-order valence-corrected chi connectivity index (χ2v) is 4.21. The van der Waals surface area contributed by atoms with E-state index in [0.717, 1.165) is 11.4 Å². The minimum absolute atomic E-state index is 0.00704. The van der Waals surface area contributed by atoms with Gasteiger partial charge in [0.05, 0.1) is 0 Å². The number of hydrogen-bond donors (Lipinski definition) is 0. The van der Waals surface area contributed by atoms with E-state index in [9.17, 15) is 0 Å². The standard InChI is InChI=1S/C13H12Cl/c1-13(9-5-2-6-10-13)11-7-3-4-8-12(11)14/h2-5,7-9H,10H2,1H3. The molecule has 1 atom stereocenters. The molecule has 0 aromatic heterocycles. The Morgan fingerprint density at radius 2 is 2.14 bits per heavy atom. The average molecular weight is 204 g/mol. The van der Waals surface area contributed by atoms with Gasteiger partial charge in [0.2, 0.25) is 0 Å². The summed E-state index contributed by atoms with van der Waals surface area (Å²) in [4.78, 5) is 0. The number of allylic oxidation sites excluding steroid dienone is 4. The van der Waals surface area contributed by atoms with Crippen LogP contribution in [0.3, 0.4) is 0 Å². The highest BCUT2D eigenvalue weighted by Gasteiger charge is 2.25. The third-order valence-corrected chi connectivity index (χ3v) is 2.97. The van der Waals surface area contributed by atoms with Crippen molar-refractivity contribution < 1.29 is 0 Å². The van der Waals surface area contributed by atoms with Crippen molar-refractivity contribution in [3.8, 4) is 0 Å². The molecule has 0 heterocycles. The van der Waals surface area contributed by atoms with Crippen molar-refractivity contribution in [1.29, 1.82) is 0 Å². The number of benzene rings is 1. The van der Waals surface area contributed by atoms with Gasteiger partial charge in [0.25, 0.3) is 0 Å². The van der Waals surface area contributed by atoms with Gasteiger partial charge in [-0.05, 0) is 24.1 Å². The smallest absolute Gasteiger partial charge is 0.0446 e. The molecular weight excluding hydrogens is 192 g/mol. The average Bonchev–Trinajstić information content (AvgIpc) is 2.19. The molecule has 1 aliphatic carbocycles. The summed E-state index contributed by atoms with van der Waals surface area (Å²) in [6, 6.07) is 8.01. The van der Waals surface area contributed by atoms with Crippen molar-refractivity contribution in [2.45, 2.75) is 18.8 Å². The van der Waals surface area contributed by atoms with Crippen LogP contribution >= 0.6 is 11.6 Å². The lowest BCUT2D eigenvalue weighted by molar-refractivity contribution is 0.591. The van der Waals surface area contributed by atoms with E-state index < -0.39 is 0 Å². The van der Waals surface area contributed by atoms with Crippen LogP contribution in [0.5, 0.6) is 0 Å². The Labute approximate surface area is 89.9 Å². The third-order valence-electron chi connectivity index (χ3n) is 2.64. The maximum absolute atomic E-state index is 6.18. The van der Waals surface area contributed by atoms with Crippen LogP contribution in [0.1, 0.15) is 18.9 Å². The molecule has 14 heavy (non-hydrogen) atoms. The zero-order valence-corrected chi connectivity index (χ0v) is 8.88. The van der Waals surface area contributed by atoms with Gasteiger partial charge in [0.1, 0.15) is 0 Å². The molecule has 0 saturated heterocycles. The van der Waals surface area contributed by atoms with Crippen LogP contribution in [0.25, 0.3) is 0 Å². The van der Waals surface area contributed by atoms with E-state index in [1.165, 1.54) is 5.56 Å². The molecule has 0 spiro atoms. The van der Waals surface area contributed by atoms with Crippen molar-refractivity contribution in [1.82, 2.24) is 0 Å². The normalized spacial score (nSPS) is 25.3. The maximum Gasteiger partial charge on any atom is 0.0446 e. The van der Waals surface area contributed by atoms with Crippen molar-refractivity contribution >= 4 is 11.6 Å². The highest BCUT2D eigenvalue weighted by molar-refractivity contribution is 6.31. The van der Waals surface area contributed by atoms with E-state index in [2.05, 4.69) is 25.1 Å². The summed E-state index contributed by atoms with van der Waals surface area (Å²) >= 11 is 6.18. The Hall–Kier alpha value is -1.01. The number of halogens is 1. The Kier molecular flexibility index (Phi) is 2.47. The molecule has 0 saturated carbocycles. The van der Waals surface area contributed by atoms with Crippen molar-refractivity contribution in [3.05, 3.63) is 59.2 Å². The SMILES string of the molecule is CC1(c2ccccc2Cl)C=CC=[C]C1. The summed E-state index contributed by atoms with van der Waals surface area (Å²) in [6.07, 6.45) is 10.3. The first-order valence-electron chi connectivity index (χ1n) is 4.72. The Balaban J connectivity index is 2.44. The van der Waals surface area contributed by atoms with Crippen molar-refractivity contribution in [2.75, 3.05) is 0 Å². The fraction of sp³-hybridized carbons (Fsp3) is 0.231. The van der Waals surface area contributed by atoms with Gasteiger partial charge >= 0.3 is 0 Å². The topological polar surface area (TPSA) is 0 Å². The van der Waals surface area contributed by atoms with Crippen LogP contribution in [-0.2, 0) is 5.41 Å². The number of hydrogen-bond acceptors (Lipinski definition) is 0. The van der Waals surface area contributed by atoms with Crippen LogP contribution < -0.4 is 0 Å². The molecule has 2 rings (SSSR count). The molecule has 1 aliphatic rings. The van der Waals surface area contributed by atoms with Gasteiger partial charge in [-0.3, -0.25) is 0 Å². The quantitative estimate of drug-likeness (QED) is 0.649. The molecule has 1 radical (unpaired) electrons. The third kappa shape index (κ3) is 1.62. The largest absolute Gasteiger partial charge is 0.0840 e. The maximum atomic E-state index is 6.18. The van der Waals surface area contributed by atoms with E-state index >= 15 is 0 Å². The van der Waals surface area contributed by atoms with Crippen LogP contribution in [0.2, 0.25) is 5.02 Å². The molecule has 0 fully saturated rings. The Morgan fingerprint density at radius 3 is 2.79 bits per heavy atom. The second kappa shape index (κ2) is 3.62. The second-order valence-electron chi connectivity index (χ2n) is 3.80. The lowest BCUT2D eigenvalue weighted by Gasteiger charge is -2.27. The predicted octanol–water partition coefficient (Wildman–Crippen LogP) is 3.92. The summed E-state index contributed by atoms with van der Waals surface area (Å²) in [5.41, 5.74) is 1.19. The summed E-state index contributed by atoms with van der Waals surface area (Å²) in [7, 11) is 0. The Morgan fingerprint density at radius 1 is 1.36 bits per heavy atom. The van der Waals surface area contributed by atoms with Gasteiger partial charge < -0.3 is 0 Å². The number of rotatable bonds is 1. The van der Waals surface area contributed by atoms with Gasteiger partial charge in [0, 0.05) is 10.4 Å². The Bertz CT molecular complexity index is 390. The van der Waals surface area contributed by atoms with Crippen LogP contribution in [0.15, 0.2) is 42.5 Å². The first kappa shape index (κ1) is 9.54. The van der Waals surface area contributed by atoms with Gasteiger partial charge in [-0.1, -0.05) is 55.0 Å². The summed E-state index contributed by atoms with van der Waals surface area (Å²) in [5, 5.41) is 0.836. The minimum atomic E-state index is 0.00704. The molecule has 1 aromatic carbocycles. The summed E-state index contributed by atoms with van der Waals surface area (Å²) in [6.45, 7) is 2.19. The first-order chi connectivity index (χ1) is 6.72. The lowest BCUT2D eigenvalue weighted by Crippen LogP contribution is -2.19. The van der Waals surface area contributed by atoms with Crippen LogP contribution in [0.4, 0.5) is 0 Å². The zero-order chi connectivity index (χ0) is 10.0. The van der Waals surface area contributed by atoms with E-state index in [4.69, 9.17) is 11.6 Å². The lowest BCUT2D eigenvalue weighted by atomic mass is 9.77. The summed E-state index contributed by atoms with van der Waals surface area (Å²) in [5.74, 6) is 0. The molecule has 0 nitrogen and oxygen atoms in total.